The summed E-state index contributed by atoms with van der Waals surface area (Å²) in [5, 5.41) is 8.93. The average molecular weight is 143 g/mol. The molecule has 1 saturated heterocycles. The largest absolute Gasteiger partial charge is 0.396 e. The van der Waals surface area contributed by atoms with E-state index in [0.29, 0.717) is 18.4 Å². The van der Waals surface area contributed by atoms with Crippen LogP contribution < -0.4 is 0 Å². The topological polar surface area (TPSA) is 23.5 Å². The van der Waals surface area contributed by atoms with Gasteiger partial charge in [0.25, 0.3) is 0 Å². The van der Waals surface area contributed by atoms with Crippen molar-refractivity contribution >= 4 is 0 Å². The van der Waals surface area contributed by atoms with Crippen molar-refractivity contribution in [1.29, 1.82) is 0 Å². The first-order chi connectivity index (χ1) is 4.74. The summed E-state index contributed by atoms with van der Waals surface area (Å²) in [7, 11) is 2.14. The Hall–Kier alpha value is -0.0800. The highest BCUT2D eigenvalue weighted by Gasteiger charge is 2.22. The lowest BCUT2D eigenvalue weighted by Crippen LogP contribution is -2.37. The highest BCUT2D eigenvalue weighted by atomic mass is 16.3. The Balaban J connectivity index is 2.36. The lowest BCUT2D eigenvalue weighted by molar-refractivity contribution is 0.0990. The molecule has 0 unspecified atom stereocenters. The predicted molar refractivity (Wildman–Crippen MR) is 41.9 cm³/mol. The van der Waals surface area contributed by atoms with Gasteiger partial charge in [0.05, 0.1) is 0 Å². The molecule has 1 rings (SSSR count). The number of aliphatic hydroxyl groups is 1. The van der Waals surface area contributed by atoms with Gasteiger partial charge in [0.1, 0.15) is 0 Å². The molecule has 2 heteroatoms. The van der Waals surface area contributed by atoms with Gasteiger partial charge < -0.3 is 10.0 Å². The third-order valence-corrected chi connectivity index (χ3v) is 2.52. The minimum atomic E-state index is 0.370. The molecular weight excluding hydrogens is 126 g/mol. The molecule has 10 heavy (non-hydrogen) atoms. The monoisotopic (exact) mass is 143 g/mol. The maximum Gasteiger partial charge on any atom is 0.0462 e. The summed E-state index contributed by atoms with van der Waals surface area (Å²) >= 11 is 0. The quantitative estimate of drug-likeness (QED) is 0.580. The summed E-state index contributed by atoms with van der Waals surface area (Å²) in [4.78, 5) is 2.33. The fraction of sp³-hybridized carbons (Fsp3) is 1.00. The van der Waals surface area contributed by atoms with E-state index in [9.17, 15) is 0 Å². The van der Waals surface area contributed by atoms with Gasteiger partial charge in [0, 0.05) is 13.2 Å². The van der Waals surface area contributed by atoms with Crippen molar-refractivity contribution in [2.45, 2.75) is 13.3 Å². The van der Waals surface area contributed by atoms with Crippen molar-refractivity contribution in [3.05, 3.63) is 0 Å². The summed E-state index contributed by atoms with van der Waals surface area (Å²) < 4.78 is 0. The van der Waals surface area contributed by atoms with Crippen molar-refractivity contribution in [1.82, 2.24) is 4.90 Å². The highest BCUT2D eigenvalue weighted by Crippen LogP contribution is 2.21. The zero-order valence-electron chi connectivity index (χ0n) is 6.88. The maximum atomic E-state index is 8.93. The second kappa shape index (κ2) is 3.35. The molecule has 0 saturated carbocycles. The van der Waals surface area contributed by atoms with E-state index < -0.39 is 0 Å². The van der Waals surface area contributed by atoms with E-state index in [-0.39, 0.29) is 0 Å². The Kier molecular flexibility index (Phi) is 2.69. The molecule has 0 aliphatic carbocycles. The molecule has 1 fully saturated rings. The van der Waals surface area contributed by atoms with E-state index >= 15 is 0 Å². The van der Waals surface area contributed by atoms with Gasteiger partial charge in [0.15, 0.2) is 0 Å². The molecule has 0 aromatic rings. The Morgan fingerprint density at radius 3 is 2.80 bits per heavy atom. The summed E-state index contributed by atoms with van der Waals surface area (Å²) in [6.45, 7) is 4.88. The van der Waals surface area contributed by atoms with E-state index in [2.05, 4.69) is 18.9 Å². The van der Waals surface area contributed by atoms with Gasteiger partial charge in [-0.15, -0.1) is 0 Å². The Labute approximate surface area is 62.8 Å². The molecule has 0 amide bonds. The fourth-order valence-electron chi connectivity index (χ4n) is 1.67. The Morgan fingerprint density at radius 2 is 2.30 bits per heavy atom. The number of nitrogens with zero attached hydrogens (tertiary/aromatic N) is 1. The normalized spacial score (nSPS) is 36.3. The minimum absolute atomic E-state index is 0.370. The van der Waals surface area contributed by atoms with Crippen LogP contribution in [0.15, 0.2) is 0 Å². The third-order valence-electron chi connectivity index (χ3n) is 2.52. The van der Waals surface area contributed by atoms with Crippen LogP contribution in [0.4, 0.5) is 0 Å². The van der Waals surface area contributed by atoms with Crippen LogP contribution in [-0.4, -0.2) is 36.8 Å². The molecule has 60 valence electrons. The zero-order chi connectivity index (χ0) is 7.56. The summed E-state index contributed by atoms with van der Waals surface area (Å²) in [5.74, 6) is 1.22. The standard InChI is InChI=1S/C8H17NO/c1-7-5-9(2)4-3-8(7)6-10/h7-8,10H,3-6H2,1-2H3/t7-,8-/m1/s1. The predicted octanol–water partition coefficient (Wildman–Crippen LogP) is 0.567. The van der Waals surface area contributed by atoms with Crippen LogP contribution in [0.3, 0.4) is 0 Å². The first kappa shape index (κ1) is 8.02. The molecule has 1 heterocycles. The number of aliphatic hydroxyl groups excluding tert-OH is 1. The molecule has 1 aliphatic rings. The molecule has 0 radical (unpaired) electrons. The van der Waals surface area contributed by atoms with Gasteiger partial charge in [-0.2, -0.15) is 0 Å². The van der Waals surface area contributed by atoms with Crippen molar-refractivity contribution in [3.8, 4) is 0 Å². The second-order valence-electron chi connectivity index (χ2n) is 3.47. The molecule has 2 atom stereocenters. The third kappa shape index (κ3) is 1.70. The van der Waals surface area contributed by atoms with Gasteiger partial charge in [-0.05, 0) is 31.8 Å². The smallest absolute Gasteiger partial charge is 0.0462 e. The van der Waals surface area contributed by atoms with Crippen LogP contribution >= 0.6 is 0 Å². The fourth-order valence-corrected chi connectivity index (χ4v) is 1.67. The molecule has 1 aliphatic heterocycles. The number of hydrogen-bond acceptors (Lipinski definition) is 2. The van der Waals surface area contributed by atoms with Gasteiger partial charge in [-0.1, -0.05) is 6.92 Å². The van der Waals surface area contributed by atoms with Crippen LogP contribution in [0.2, 0.25) is 0 Å². The van der Waals surface area contributed by atoms with Gasteiger partial charge in [0.2, 0.25) is 0 Å². The number of piperidine rings is 1. The summed E-state index contributed by atoms with van der Waals surface area (Å²) in [6.07, 6.45) is 1.16. The Bertz CT molecular complexity index is 105. The van der Waals surface area contributed by atoms with E-state index in [0.717, 1.165) is 19.5 Å². The van der Waals surface area contributed by atoms with Crippen molar-refractivity contribution in [3.63, 3.8) is 0 Å². The maximum absolute atomic E-state index is 8.93. The lowest BCUT2D eigenvalue weighted by atomic mass is 9.88. The number of hydrogen-bond donors (Lipinski definition) is 1. The average Bonchev–Trinajstić information content (AvgIpc) is 1.88. The van der Waals surface area contributed by atoms with E-state index in [1.165, 1.54) is 0 Å². The molecule has 0 aromatic heterocycles. The van der Waals surface area contributed by atoms with Crippen LogP contribution in [0.1, 0.15) is 13.3 Å². The van der Waals surface area contributed by atoms with E-state index in [1.54, 1.807) is 0 Å². The summed E-state index contributed by atoms with van der Waals surface area (Å²) in [5.41, 5.74) is 0. The number of rotatable bonds is 1. The minimum Gasteiger partial charge on any atom is -0.396 e. The van der Waals surface area contributed by atoms with Crippen molar-refractivity contribution in [2.75, 3.05) is 26.7 Å². The first-order valence-electron chi connectivity index (χ1n) is 4.03. The van der Waals surface area contributed by atoms with Crippen LogP contribution in [-0.2, 0) is 0 Å². The number of likely N-dealkylation sites (tertiary alicyclic amines) is 1. The van der Waals surface area contributed by atoms with Crippen LogP contribution in [0.25, 0.3) is 0 Å². The molecule has 2 nitrogen and oxygen atoms in total. The van der Waals surface area contributed by atoms with Crippen LogP contribution in [0.5, 0.6) is 0 Å². The van der Waals surface area contributed by atoms with Gasteiger partial charge in [-0.25, -0.2) is 0 Å². The van der Waals surface area contributed by atoms with Crippen LogP contribution in [0, 0.1) is 11.8 Å². The molecule has 0 aromatic carbocycles. The van der Waals surface area contributed by atoms with E-state index in [1.807, 2.05) is 0 Å². The van der Waals surface area contributed by atoms with Crippen molar-refractivity contribution < 1.29 is 5.11 Å². The molecule has 0 bridgehead atoms. The van der Waals surface area contributed by atoms with Gasteiger partial charge >= 0.3 is 0 Å². The molecule has 1 N–H and O–H groups in total. The second-order valence-corrected chi connectivity index (χ2v) is 3.47. The highest BCUT2D eigenvalue weighted by molar-refractivity contribution is 4.74. The van der Waals surface area contributed by atoms with E-state index in [4.69, 9.17) is 5.11 Å². The zero-order valence-corrected chi connectivity index (χ0v) is 6.88. The Morgan fingerprint density at radius 1 is 1.60 bits per heavy atom. The summed E-state index contributed by atoms with van der Waals surface area (Å²) in [6, 6.07) is 0. The first-order valence-corrected chi connectivity index (χ1v) is 4.03. The molecule has 0 spiro atoms. The lowest BCUT2D eigenvalue weighted by Gasteiger charge is -2.33. The molecular formula is C8H17NO. The SMILES string of the molecule is C[C@@H]1CN(C)CC[C@@H]1CO. The van der Waals surface area contributed by atoms with Gasteiger partial charge in [-0.3, -0.25) is 0 Å². The van der Waals surface area contributed by atoms with Crippen molar-refractivity contribution in [2.24, 2.45) is 11.8 Å².